The van der Waals surface area contributed by atoms with Crippen molar-refractivity contribution in [2.24, 2.45) is 0 Å². The van der Waals surface area contributed by atoms with Crippen LogP contribution in [-0.2, 0) is 28.6 Å². The third-order valence-electron chi connectivity index (χ3n) is 10.3. The van der Waals surface area contributed by atoms with Crippen molar-refractivity contribution in [1.29, 1.82) is 0 Å². The van der Waals surface area contributed by atoms with Crippen LogP contribution in [0.1, 0.15) is 206 Å². The van der Waals surface area contributed by atoms with E-state index in [9.17, 15) is 19.5 Å². The predicted octanol–water partition coefficient (Wildman–Crippen LogP) is 12.5. The number of unbranched alkanes of at least 4 members (excludes halogenated alkanes) is 23. The van der Waals surface area contributed by atoms with Crippen LogP contribution < -0.4 is 0 Å². The summed E-state index contributed by atoms with van der Waals surface area (Å²) in [6, 6.07) is -0.615. The molecule has 0 bridgehead atoms. The molecule has 0 aromatic rings. The number of esters is 2. The zero-order valence-electron chi connectivity index (χ0n) is 36.6. The highest BCUT2D eigenvalue weighted by atomic mass is 16.6. The lowest BCUT2D eigenvalue weighted by molar-refractivity contribution is -0.887. The van der Waals surface area contributed by atoms with Crippen LogP contribution in [0.15, 0.2) is 24.3 Å². The van der Waals surface area contributed by atoms with Crippen molar-refractivity contribution < 1.29 is 38.2 Å². The van der Waals surface area contributed by atoms with E-state index in [0.29, 0.717) is 19.3 Å². The minimum Gasteiger partial charge on any atom is -0.477 e. The largest absolute Gasteiger partial charge is 0.477 e. The summed E-state index contributed by atoms with van der Waals surface area (Å²) in [6.07, 6.45) is 42.2. The van der Waals surface area contributed by atoms with Gasteiger partial charge in [0.25, 0.3) is 0 Å². The van der Waals surface area contributed by atoms with E-state index in [4.69, 9.17) is 14.2 Å². The standard InChI is InChI=1S/C47H87NO7/c1-6-8-10-12-14-16-18-20-22-23-24-26-27-29-31-33-35-37-45(49)54-42-43(41-53-40-39-44(47(51)52)48(3,4)5)55-46(50)38-36-34-32-30-28-25-21-19-17-15-13-11-9-7-2/h20,22,25,28,43-44H,6-19,21,23-24,26-27,29-42H2,1-5H3/p+1/b22-20+,28-25+. The van der Waals surface area contributed by atoms with Gasteiger partial charge in [0.15, 0.2) is 12.1 Å². The van der Waals surface area contributed by atoms with Crippen LogP contribution in [-0.4, -0.2) is 80.6 Å². The van der Waals surface area contributed by atoms with Gasteiger partial charge in [-0.3, -0.25) is 9.59 Å². The van der Waals surface area contributed by atoms with Crippen LogP contribution in [0.2, 0.25) is 0 Å². The Hall–Kier alpha value is -2.19. The van der Waals surface area contributed by atoms with Gasteiger partial charge in [-0.25, -0.2) is 4.79 Å². The molecule has 0 aliphatic rings. The lowest BCUT2D eigenvalue weighted by Gasteiger charge is -2.31. The Morgan fingerprint density at radius 1 is 0.527 bits per heavy atom. The molecule has 0 aliphatic carbocycles. The van der Waals surface area contributed by atoms with Gasteiger partial charge >= 0.3 is 17.9 Å². The number of carbonyl (C=O) groups excluding carboxylic acids is 2. The molecule has 0 amide bonds. The number of quaternary nitrogens is 1. The quantitative estimate of drug-likeness (QED) is 0.0285. The minimum absolute atomic E-state index is 0.0563. The topological polar surface area (TPSA) is 99.1 Å². The number of carboxylic acids is 1. The molecule has 2 unspecified atom stereocenters. The van der Waals surface area contributed by atoms with E-state index in [2.05, 4.69) is 38.2 Å². The van der Waals surface area contributed by atoms with Crippen molar-refractivity contribution in [1.82, 2.24) is 0 Å². The maximum absolute atomic E-state index is 12.7. The van der Waals surface area contributed by atoms with Crippen molar-refractivity contribution in [2.45, 2.75) is 219 Å². The van der Waals surface area contributed by atoms with Gasteiger partial charge in [-0.2, -0.15) is 0 Å². The van der Waals surface area contributed by atoms with Crippen molar-refractivity contribution in [2.75, 3.05) is 41.0 Å². The normalized spacial score (nSPS) is 13.1. The third-order valence-corrected chi connectivity index (χ3v) is 10.3. The fourth-order valence-electron chi connectivity index (χ4n) is 6.73. The minimum atomic E-state index is -0.876. The molecular weight excluding hydrogens is 691 g/mol. The summed E-state index contributed by atoms with van der Waals surface area (Å²) in [7, 11) is 5.52. The van der Waals surface area contributed by atoms with Crippen LogP contribution in [0.4, 0.5) is 0 Å². The van der Waals surface area contributed by atoms with Gasteiger partial charge < -0.3 is 23.8 Å². The van der Waals surface area contributed by atoms with Gasteiger partial charge in [0.2, 0.25) is 0 Å². The molecule has 0 fully saturated rings. The molecule has 0 heterocycles. The molecule has 1 N–H and O–H groups in total. The molecular formula is C47H88NO7+. The highest BCUT2D eigenvalue weighted by Crippen LogP contribution is 2.14. The van der Waals surface area contributed by atoms with Crippen molar-refractivity contribution >= 4 is 17.9 Å². The van der Waals surface area contributed by atoms with Crippen LogP contribution >= 0.6 is 0 Å². The first-order valence-electron chi connectivity index (χ1n) is 22.9. The van der Waals surface area contributed by atoms with E-state index in [-0.39, 0.29) is 36.2 Å². The highest BCUT2D eigenvalue weighted by Gasteiger charge is 2.31. The average molecular weight is 779 g/mol. The predicted molar refractivity (Wildman–Crippen MR) is 229 cm³/mol. The molecule has 0 rings (SSSR count). The SMILES string of the molecule is CCCCCCCC/C=C/CCCCCCCCCC(=O)OCC(COCCC(C(=O)O)[N+](C)(C)C)OC(=O)CCCCC/C=C/CCCCCCCCC. The number of rotatable bonds is 41. The van der Waals surface area contributed by atoms with Crippen molar-refractivity contribution in [3.05, 3.63) is 24.3 Å². The summed E-state index contributed by atoms with van der Waals surface area (Å²) in [5, 5.41) is 9.62. The summed E-state index contributed by atoms with van der Waals surface area (Å²) in [5.41, 5.74) is 0. The number of hydrogen-bond acceptors (Lipinski definition) is 6. The summed E-state index contributed by atoms with van der Waals surface area (Å²) in [4.78, 5) is 37.0. The van der Waals surface area contributed by atoms with E-state index in [1.54, 1.807) is 0 Å². The van der Waals surface area contributed by atoms with Gasteiger partial charge in [-0.1, -0.05) is 147 Å². The first-order valence-corrected chi connectivity index (χ1v) is 22.9. The zero-order chi connectivity index (χ0) is 40.7. The Morgan fingerprint density at radius 3 is 1.33 bits per heavy atom. The summed E-state index contributed by atoms with van der Waals surface area (Å²) < 4.78 is 17.3. The van der Waals surface area contributed by atoms with Crippen molar-refractivity contribution in [3.63, 3.8) is 0 Å². The monoisotopic (exact) mass is 779 g/mol. The third kappa shape index (κ3) is 37.2. The number of aliphatic carboxylic acids is 1. The average Bonchev–Trinajstić information content (AvgIpc) is 3.14. The first-order chi connectivity index (χ1) is 26.6. The Morgan fingerprint density at radius 2 is 0.909 bits per heavy atom. The number of carboxylic acid groups (broad SMARTS) is 1. The number of carbonyl (C=O) groups is 3. The van der Waals surface area contributed by atoms with E-state index in [1.807, 2.05) is 21.1 Å². The van der Waals surface area contributed by atoms with Crippen LogP contribution in [0, 0.1) is 0 Å². The Labute approximate surface area is 339 Å². The Kier molecular flexibility index (Phi) is 37.1. The second-order valence-electron chi connectivity index (χ2n) is 16.7. The molecule has 2 atom stereocenters. The second-order valence-corrected chi connectivity index (χ2v) is 16.7. The van der Waals surface area contributed by atoms with Gasteiger partial charge in [0.1, 0.15) is 6.61 Å². The molecule has 0 radical (unpaired) electrons. The fraction of sp³-hybridized carbons (Fsp3) is 0.851. The summed E-state index contributed by atoms with van der Waals surface area (Å²) in [6.45, 7) is 4.72. The van der Waals surface area contributed by atoms with Gasteiger partial charge in [0, 0.05) is 19.3 Å². The molecule has 8 nitrogen and oxygen atoms in total. The molecule has 8 heteroatoms. The van der Waals surface area contributed by atoms with E-state index in [0.717, 1.165) is 51.4 Å². The maximum Gasteiger partial charge on any atom is 0.362 e. The molecule has 0 spiro atoms. The molecule has 0 aromatic carbocycles. The molecule has 0 aliphatic heterocycles. The lowest BCUT2D eigenvalue weighted by atomic mass is 10.1. The summed E-state index contributed by atoms with van der Waals surface area (Å²) in [5.74, 6) is -1.48. The summed E-state index contributed by atoms with van der Waals surface area (Å²) >= 11 is 0. The highest BCUT2D eigenvalue weighted by molar-refractivity contribution is 5.72. The van der Waals surface area contributed by atoms with Gasteiger partial charge in [-0.15, -0.1) is 0 Å². The lowest BCUT2D eigenvalue weighted by Crippen LogP contribution is -2.50. The molecule has 322 valence electrons. The van der Waals surface area contributed by atoms with Crippen LogP contribution in [0.5, 0.6) is 0 Å². The smallest absolute Gasteiger partial charge is 0.362 e. The fourth-order valence-corrected chi connectivity index (χ4v) is 6.73. The number of nitrogens with zero attached hydrogens (tertiary/aromatic N) is 1. The number of hydrogen-bond donors (Lipinski definition) is 1. The molecule has 0 saturated carbocycles. The van der Waals surface area contributed by atoms with Gasteiger partial charge in [-0.05, 0) is 64.2 Å². The molecule has 55 heavy (non-hydrogen) atoms. The number of ether oxygens (including phenoxy) is 3. The first kappa shape index (κ1) is 52.8. The second kappa shape index (κ2) is 38.7. The van der Waals surface area contributed by atoms with E-state index in [1.165, 1.54) is 122 Å². The molecule has 0 saturated heterocycles. The zero-order valence-corrected chi connectivity index (χ0v) is 36.6. The Balaban J connectivity index is 4.33. The van der Waals surface area contributed by atoms with E-state index < -0.39 is 18.1 Å². The number of allylic oxidation sites excluding steroid dienone is 4. The van der Waals surface area contributed by atoms with E-state index >= 15 is 0 Å². The maximum atomic E-state index is 12.7. The number of likely N-dealkylation sites (N-methyl/N-ethyl adjacent to an activating group) is 1. The molecule has 0 aromatic heterocycles. The van der Waals surface area contributed by atoms with Gasteiger partial charge in [0.05, 0.1) is 34.4 Å². The van der Waals surface area contributed by atoms with Crippen LogP contribution in [0.25, 0.3) is 0 Å². The Bertz CT molecular complexity index is 957. The van der Waals surface area contributed by atoms with Crippen molar-refractivity contribution in [3.8, 4) is 0 Å². The van der Waals surface area contributed by atoms with Crippen LogP contribution in [0.3, 0.4) is 0 Å².